The Balaban J connectivity index is 1.94. The van der Waals surface area contributed by atoms with Gasteiger partial charge in [-0.05, 0) is 31.5 Å². The molecule has 1 aromatic rings. The monoisotopic (exact) mass is 300 g/mol. The van der Waals surface area contributed by atoms with Gasteiger partial charge in [-0.15, -0.1) is 6.42 Å². The second-order valence-corrected chi connectivity index (χ2v) is 5.72. The number of aliphatic hydroxyl groups excluding tert-OH is 1. The zero-order chi connectivity index (χ0) is 15.8. The van der Waals surface area contributed by atoms with Crippen molar-refractivity contribution < 1.29 is 9.90 Å². The minimum Gasteiger partial charge on any atom is -0.395 e. The molecule has 2 rings (SSSR count). The Morgan fingerprint density at radius 1 is 1.32 bits per heavy atom. The van der Waals surface area contributed by atoms with Crippen LogP contribution in [0.3, 0.4) is 0 Å². The third-order valence-corrected chi connectivity index (χ3v) is 4.15. The molecule has 0 radical (unpaired) electrons. The molecule has 0 unspecified atom stereocenters. The van der Waals surface area contributed by atoms with Crippen molar-refractivity contribution in [3.63, 3.8) is 0 Å². The number of amides is 1. The molecule has 1 aliphatic rings. The number of piperidine rings is 1. The largest absolute Gasteiger partial charge is 0.395 e. The fourth-order valence-electron chi connectivity index (χ4n) is 2.92. The Kier molecular flexibility index (Phi) is 6.45. The van der Waals surface area contributed by atoms with Gasteiger partial charge < -0.3 is 10.0 Å². The Morgan fingerprint density at radius 3 is 2.59 bits per heavy atom. The third-order valence-electron chi connectivity index (χ3n) is 4.15. The van der Waals surface area contributed by atoms with Crippen LogP contribution in [-0.4, -0.2) is 53.6 Å². The summed E-state index contributed by atoms with van der Waals surface area (Å²) in [7, 11) is 0. The van der Waals surface area contributed by atoms with Crippen LogP contribution in [0.5, 0.6) is 0 Å². The Morgan fingerprint density at radius 2 is 2.00 bits per heavy atom. The lowest BCUT2D eigenvalue weighted by Gasteiger charge is -2.33. The number of benzene rings is 1. The van der Waals surface area contributed by atoms with Gasteiger partial charge in [0, 0.05) is 19.0 Å². The standard InChI is InChI=1S/C18H24N2O2/c1-2-10-19-11-8-17(9-12-19)18(22)20(13-14-21)15-16-6-4-3-5-7-16/h1,3-7,17,21H,8-15H2. The van der Waals surface area contributed by atoms with E-state index in [2.05, 4.69) is 10.8 Å². The molecular formula is C18H24N2O2. The number of rotatable bonds is 6. The van der Waals surface area contributed by atoms with Gasteiger partial charge in [0.2, 0.25) is 5.91 Å². The fraction of sp³-hybridized carbons (Fsp3) is 0.500. The predicted molar refractivity (Wildman–Crippen MR) is 86.9 cm³/mol. The molecule has 0 bridgehead atoms. The van der Waals surface area contributed by atoms with E-state index >= 15 is 0 Å². The third kappa shape index (κ3) is 4.59. The van der Waals surface area contributed by atoms with Gasteiger partial charge in [0.15, 0.2) is 0 Å². The smallest absolute Gasteiger partial charge is 0.226 e. The van der Waals surface area contributed by atoms with Crippen molar-refractivity contribution >= 4 is 5.91 Å². The zero-order valence-electron chi connectivity index (χ0n) is 12.9. The maximum atomic E-state index is 12.7. The second kappa shape index (κ2) is 8.57. The van der Waals surface area contributed by atoms with Crippen LogP contribution in [0.2, 0.25) is 0 Å². The van der Waals surface area contributed by atoms with Crippen LogP contribution < -0.4 is 0 Å². The number of carbonyl (C=O) groups is 1. The molecular weight excluding hydrogens is 276 g/mol. The van der Waals surface area contributed by atoms with Crippen LogP contribution in [0.4, 0.5) is 0 Å². The van der Waals surface area contributed by atoms with Crippen LogP contribution >= 0.6 is 0 Å². The number of likely N-dealkylation sites (tertiary alicyclic amines) is 1. The van der Waals surface area contributed by atoms with Gasteiger partial charge in [0.05, 0.1) is 13.2 Å². The Bertz CT molecular complexity index is 502. The lowest BCUT2D eigenvalue weighted by molar-refractivity contribution is -0.138. The fourth-order valence-corrected chi connectivity index (χ4v) is 2.92. The molecule has 1 fully saturated rings. The van der Waals surface area contributed by atoms with Crippen LogP contribution in [-0.2, 0) is 11.3 Å². The minimum absolute atomic E-state index is 0.00544. The predicted octanol–water partition coefficient (Wildman–Crippen LogP) is 1.35. The molecule has 1 N–H and O–H groups in total. The van der Waals surface area contributed by atoms with Gasteiger partial charge in [0.25, 0.3) is 0 Å². The number of carbonyl (C=O) groups excluding carboxylic acids is 1. The van der Waals surface area contributed by atoms with Crippen molar-refractivity contribution in [2.75, 3.05) is 32.8 Å². The van der Waals surface area contributed by atoms with E-state index in [-0.39, 0.29) is 18.4 Å². The van der Waals surface area contributed by atoms with Gasteiger partial charge in [-0.2, -0.15) is 0 Å². The maximum Gasteiger partial charge on any atom is 0.226 e. The summed E-state index contributed by atoms with van der Waals surface area (Å²) in [5.41, 5.74) is 1.09. The molecule has 4 nitrogen and oxygen atoms in total. The first-order valence-electron chi connectivity index (χ1n) is 7.84. The molecule has 0 atom stereocenters. The lowest BCUT2D eigenvalue weighted by Crippen LogP contribution is -2.43. The quantitative estimate of drug-likeness (QED) is 0.807. The highest BCUT2D eigenvalue weighted by molar-refractivity contribution is 5.79. The van der Waals surface area contributed by atoms with Crippen LogP contribution in [0, 0.1) is 18.3 Å². The SMILES string of the molecule is C#CCN1CCC(C(=O)N(CCO)Cc2ccccc2)CC1. The normalized spacial score (nSPS) is 16.2. The molecule has 0 saturated carbocycles. The van der Waals surface area contributed by atoms with Crippen LogP contribution in [0.15, 0.2) is 30.3 Å². The molecule has 1 heterocycles. The number of terminal acetylenes is 1. The van der Waals surface area contributed by atoms with E-state index in [9.17, 15) is 9.90 Å². The molecule has 22 heavy (non-hydrogen) atoms. The highest BCUT2D eigenvalue weighted by Crippen LogP contribution is 2.20. The Labute approximate surface area is 132 Å². The highest BCUT2D eigenvalue weighted by atomic mass is 16.3. The summed E-state index contributed by atoms with van der Waals surface area (Å²) in [5, 5.41) is 9.25. The first-order valence-corrected chi connectivity index (χ1v) is 7.84. The van der Waals surface area contributed by atoms with Gasteiger partial charge in [-0.3, -0.25) is 9.69 Å². The van der Waals surface area contributed by atoms with E-state index in [0.29, 0.717) is 19.6 Å². The number of aliphatic hydroxyl groups is 1. The van der Waals surface area contributed by atoms with E-state index in [0.717, 1.165) is 31.5 Å². The van der Waals surface area contributed by atoms with Crippen molar-refractivity contribution in [2.24, 2.45) is 5.92 Å². The maximum absolute atomic E-state index is 12.7. The summed E-state index contributed by atoms with van der Waals surface area (Å²) < 4.78 is 0. The Hall–Kier alpha value is -1.83. The number of nitrogens with zero attached hydrogens (tertiary/aromatic N) is 2. The van der Waals surface area contributed by atoms with Gasteiger partial charge in [-0.1, -0.05) is 36.3 Å². The van der Waals surface area contributed by atoms with Crippen LogP contribution in [0.1, 0.15) is 18.4 Å². The van der Waals surface area contributed by atoms with E-state index in [4.69, 9.17) is 6.42 Å². The molecule has 0 aliphatic carbocycles. The average molecular weight is 300 g/mol. The van der Waals surface area contributed by atoms with Crippen molar-refractivity contribution in [1.82, 2.24) is 9.80 Å². The summed E-state index contributed by atoms with van der Waals surface area (Å²) in [5.74, 6) is 2.85. The van der Waals surface area contributed by atoms with E-state index in [1.807, 2.05) is 30.3 Å². The molecule has 1 aromatic carbocycles. The van der Waals surface area contributed by atoms with Crippen LogP contribution in [0.25, 0.3) is 0 Å². The average Bonchev–Trinajstić information content (AvgIpc) is 2.56. The van der Waals surface area contributed by atoms with Crippen molar-refractivity contribution in [3.8, 4) is 12.3 Å². The van der Waals surface area contributed by atoms with E-state index in [1.165, 1.54) is 0 Å². The molecule has 0 spiro atoms. The second-order valence-electron chi connectivity index (χ2n) is 5.72. The summed E-state index contributed by atoms with van der Waals surface area (Å²) in [6.07, 6.45) is 7.02. The molecule has 1 aliphatic heterocycles. The molecule has 118 valence electrons. The lowest BCUT2D eigenvalue weighted by atomic mass is 9.95. The van der Waals surface area contributed by atoms with Gasteiger partial charge >= 0.3 is 0 Å². The van der Waals surface area contributed by atoms with Crippen molar-refractivity contribution in [2.45, 2.75) is 19.4 Å². The molecule has 4 heteroatoms. The summed E-state index contributed by atoms with van der Waals surface area (Å²) in [6.45, 7) is 3.35. The first-order chi connectivity index (χ1) is 10.7. The number of hydrogen-bond acceptors (Lipinski definition) is 3. The minimum atomic E-state index is -0.00544. The molecule has 1 amide bonds. The van der Waals surface area contributed by atoms with Gasteiger partial charge in [0.1, 0.15) is 0 Å². The molecule has 1 saturated heterocycles. The zero-order valence-corrected chi connectivity index (χ0v) is 12.9. The topological polar surface area (TPSA) is 43.8 Å². The first kappa shape index (κ1) is 16.5. The van der Waals surface area contributed by atoms with E-state index in [1.54, 1.807) is 4.90 Å². The summed E-state index contributed by atoms with van der Waals surface area (Å²) >= 11 is 0. The summed E-state index contributed by atoms with van der Waals surface area (Å²) in [6, 6.07) is 9.91. The number of hydrogen-bond donors (Lipinski definition) is 1. The van der Waals surface area contributed by atoms with Crippen molar-refractivity contribution in [3.05, 3.63) is 35.9 Å². The van der Waals surface area contributed by atoms with E-state index < -0.39 is 0 Å². The summed E-state index contributed by atoms with van der Waals surface area (Å²) in [4.78, 5) is 16.7. The van der Waals surface area contributed by atoms with Gasteiger partial charge in [-0.25, -0.2) is 0 Å². The van der Waals surface area contributed by atoms with Crippen molar-refractivity contribution in [1.29, 1.82) is 0 Å². The highest BCUT2D eigenvalue weighted by Gasteiger charge is 2.28. The molecule has 0 aromatic heterocycles.